The number of likely N-dealkylation sites (tertiary alicyclic amines) is 1. The summed E-state index contributed by atoms with van der Waals surface area (Å²) in [6, 6.07) is -9.94. The average Bonchev–Trinajstić information content (AvgIpc) is 1.51. The highest BCUT2D eigenvalue weighted by Crippen LogP contribution is 2.20. The van der Waals surface area contributed by atoms with Crippen LogP contribution in [-0.4, -0.2) is 261 Å². The highest BCUT2D eigenvalue weighted by atomic mass is 32.2. The van der Waals surface area contributed by atoms with Gasteiger partial charge in [-0.2, -0.15) is 11.8 Å². The van der Waals surface area contributed by atoms with Crippen LogP contribution in [0.25, 0.3) is 0 Å². The number of nitrogens with one attached hydrogen (secondary N) is 12. The molecule has 13 amide bonds. The van der Waals surface area contributed by atoms with E-state index in [4.69, 9.17) is 10.5 Å². The van der Waals surface area contributed by atoms with E-state index in [0.717, 1.165) is 6.92 Å². The number of aliphatic carboxylic acids is 5. The first kappa shape index (κ1) is 93.7. The standard InChI is InChI=1S/C68H104N14O25S/c1-36(2)31-48(60(98)71-33-52(85)74-50(35-108-7)67(105)72-37(3)4)81-68(106)51-12-10-29-82(51)53(86)34-107-30-28-70-59(97)49(32-40-13-15-41(16-14-40)38(5)83)80-66(104)47(21-26-58(95)96)79-65(103)46(20-25-57(93)94)78-64(102)45(19-24-56(91)92)77-63(101)44(18-23-55(89)90)76-62(100)43(17-22-54(87)88)75-61(99)42(73-39(6)84)11-8-9-27-69/h13-16,36-37,42-51H,8-12,17-35,69H2,1-7H3,(H,70,97)(H,71,98)(H,72,105)(H,73,84)(H,74,85)(H,75,99)(H,76,100)(H,77,101)(H,78,102)(H,79,103)(H,80,104)(H,81,106)(H,87,88)(H,89,90)(H,91,92)(H,93,94)(H,95,96)/t42-,43-,44-,45-,46-,47-,48+,49+,50+,51?/m1/s1. The zero-order chi connectivity index (χ0) is 81.3. The van der Waals surface area contributed by atoms with Crippen molar-refractivity contribution in [3.63, 3.8) is 0 Å². The highest BCUT2D eigenvalue weighted by Gasteiger charge is 2.39. The zero-order valence-corrected chi connectivity index (χ0v) is 62.4. The van der Waals surface area contributed by atoms with Gasteiger partial charge in [0.15, 0.2) is 5.78 Å². The molecule has 40 heteroatoms. The molecule has 0 spiro atoms. The Morgan fingerprint density at radius 1 is 0.500 bits per heavy atom. The van der Waals surface area contributed by atoms with Gasteiger partial charge in [-0.25, -0.2) is 0 Å². The van der Waals surface area contributed by atoms with Crippen LogP contribution in [0.3, 0.4) is 0 Å². The number of carbonyl (C=O) groups excluding carboxylic acids is 14. The van der Waals surface area contributed by atoms with Gasteiger partial charge in [0.1, 0.15) is 67.0 Å². The van der Waals surface area contributed by atoms with Crippen LogP contribution in [0.5, 0.6) is 0 Å². The summed E-state index contributed by atoms with van der Waals surface area (Å²) in [5.41, 5.74) is 6.18. The molecule has 39 nitrogen and oxygen atoms in total. The van der Waals surface area contributed by atoms with Crippen LogP contribution < -0.4 is 69.5 Å². The van der Waals surface area contributed by atoms with E-state index in [0.29, 0.717) is 24.8 Å². The first-order chi connectivity index (χ1) is 50.8. The van der Waals surface area contributed by atoms with E-state index in [-0.39, 0.29) is 81.0 Å². The van der Waals surface area contributed by atoms with E-state index < -0.39 is 244 Å². The summed E-state index contributed by atoms with van der Waals surface area (Å²) in [5.74, 6) is -19.9. The number of Topliss-reactive ketones (excluding diaryl/α,β-unsaturated/α-hetero) is 1. The molecule has 0 saturated carbocycles. The Morgan fingerprint density at radius 3 is 1.31 bits per heavy atom. The molecule has 1 aliphatic rings. The van der Waals surface area contributed by atoms with Gasteiger partial charge in [-0.3, -0.25) is 91.1 Å². The van der Waals surface area contributed by atoms with Crippen molar-refractivity contribution in [2.45, 2.75) is 217 Å². The van der Waals surface area contributed by atoms with Crippen LogP contribution >= 0.6 is 11.8 Å². The molecule has 1 saturated heterocycles. The molecule has 1 unspecified atom stereocenters. The predicted octanol–water partition coefficient (Wildman–Crippen LogP) is -3.56. The van der Waals surface area contributed by atoms with E-state index in [1.54, 1.807) is 20.1 Å². The molecule has 1 fully saturated rings. The Hall–Kier alpha value is -10.4. The molecule has 1 aliphatic heterocycles. The van der Waals surface area contributed by atoms with Crippen molar-refractivity contribution < 1.29 is 121 Å². The fourth-order valence-corrected chi connectivity index (χ4v) is 11.4. The lowest BCUT2D eigenvalue weighted by Crippen LogP contribution is -2.60. The second-order valence-corrected chi connectivity index (χ2v) is 27.2. The minimum Gasteiger partial charge on any atom is -0.481 e. The number of benzene rings is 1. The number of unbranched alkanes of at least 4 members (excludes halogenated alkanes) is 1. The molecule has 10 atom stereocenters. The summed E-state index contributed by atoms with van der Waals surface area (Å²) in [5, 5.41) is 77.3. The maximum Gasteiger partial charge on any atom is 0.303 e. The highest BCUT2D eigenvalue weighted by molar-refractivity contribution is 7.98. The van der Waals surface area contributed by atoms with Gasteiger partial charge >= 0.3 is 29.8 Å². The van der Waals surface area contributed by atoms with Gasteiger partial charge in [0.05, 0.1) is 13.2 Å². The Bertz CT molecular complexity index is 3320. The van der Waals surface area contributed by atoms with E-state index in [1.807, 2.05) is 13.8 Å². The predicted molar refractivity (Wildman–Crippen MR) is 383 cm³/mol. The third-order valence-corrected chi connectivity index (χ3v) is 17.0. The molecule has 0 aromatic heterocycles. The van der Waals surface area contributed by atoms with E-state index in [2.05, 4.69) is 63.8 Å². The molecule has 0 bridgehead atoms. The van der Waals surface area contributed by atoms with E-state index in [9.17, 15) is 117 Å². The molecule has 1 aromatic rings. The third-order valence-electron chi connectivity index (χ3n) is 16.3. The second-order valence-electron chi connectivity index (χ2n) is 26.3. The number of amides is 13. The van der Waals surface area contributed by atoms with Crippen LogP contribution in [0.15, 0.2) is 24.3 Å². The van der Waals surface area contributed by atoms with Gasteiger partial charge in [0.2, 0.25) is 76.8 Å². The maximum absolute atomic E-state index is 14.4. The molecule has 602 valence electrons. The van der Waals surface area contributed by atoms with Gasteiger partial charge in [0.25, 0.3) is 0 Å². The molecule has 0 radical (unpaired) electrons. The minimum absolute atomic E-state index is 0.0220. The maximum atomic E-state index is 14.4. The smallest absolute Gasteiger partial charge is 0.303 e. The van der Waals surface area contributed by atoms with Crippen LogP contribution in [0, 0.1) is 5.92 Å². The van der Waals surface area contributed by atoms with Crippen molar-refractivity contribution in [1.82, 2.24) is 68.7 Å². The Balaban J connectivity index is 2.41. The summed E-state index contributed by atoms with van der Waals surface area (Å²) in [7, 11) is 0. The fraction of sp³-hybridized carbons (Fsp3) is 0.632. The Kier molecular flexibility index (Phi) is 42.9. The lowest BCUT2D eigenvalue weighted by molar-refractivity contribution is -0.142. The molecule has 1 aromatic carbocycles. The lowest BCUT2D eigenvalue weighted by Gasteiger charge is -2.28. The van der Waals surface area contributed by atoms with Gasteiger partial charge in [-0.1, -0.05) is 38.1 Å². The van der Waals surface area contributed by atoms with Crippen molar-refractivity contribution in [3.8, 4) is 0 Å². The summed E-state index contributed by atoms with van der Waals surface area (Å²) < 4.78 is 5.61. The van der Waals surface area contributed by atoms with Gasteiger partial charge in [0, 0.05) is 75.9 Å². The van der Waals surface area contributed by atoms with Crippen LogP contribution in [0.1, 0.15) is 160 Å². The molecule has 108 heavy (non-hydrogen) atoms. The largest absolute Gasteiger partial charge is 0.481 e. The summed E-state index contributed by atoms with van der Waals surface area (Å²) >= 11 is 1.33. The molecule has 2 rings (SSSR count). The van der Waals surface area contributed by atoms with Crippen LogP contribution in [0.2, 0.25) is 0 Å². The Labute approximate surface area is 627 Å². The van der Waals surface area contributed by atoms with Crippen LogP contribution in [0.4, 0.5) is 0 Å². The number of nitrogens with zero attached hydrogens (tertiary/aromatic N) is 1. The van der Waals surface area contributed by atoms with E-state index in [1.165, 1.54) is 47.9 Å². The zero-order valence-electron chi connectivity index (χ0n) is 61.5. The van der Waals surface area contributed by atoms with Crippen molar-refractivity contribution in [1.29, 1.82) is 0 Å². The lowest BCUT2D eigenvalue weighted by atomic mass is 10.0. The van der Waals surface area contributed by atoms with Crippen molar-refractivity contribution in [2.75, 3.05) is 51.4 Å². The average molecular weight is 1550 g/mol. The molecule has 1 heterocycles. The number of hydrogen-bond acceptors (Lipinski definition) is 22. The summed E-state index contributed by atoms with van der Waals surface area (Å²) in [4.78, 5) is 250. The number of carbonyl (C=O) groups is 19. The SMILES string of the molecule is CSC[C@H](NC(=O)CNC(=O)[C@H](CC(C)C)NC(=O)C1CCCN1C(=O)COCCNC(=O)[C@H](Cc1ccc(C(C)=O)cc1)NC(=O)[C@@H](CCC(=O)O)NC(=O)[C@@H](CCC(=O)O)NC(=O)[C@@H](CCC(=O)O)NC(=O)[C@@H](CCC(=O)O)NC(=O)[C@@H](CCC(=O)O)NC(=O)[C@@H](CCCCN)NC(C)=O)C(=O)NC(C)C. The van der Waals surface area contributed by atoms with Crippen molar-refractivity contribution in [2.24, 2.45) is 11.7 Å². The number of ketones is 1. The fourth-order valence-electron chi connectivity index (χ4n) is 10.8. The quantitative estimate of drug-likeness (QED) is 0.0222. The van der Waals surface area contributed by atoms with Gasteiger partial charge in [-0.15, -0.1) is 0 Å². The number of hydrogen-bond donors (Lipinski definition) is 18. The minimum atomic E-state index is -2.02. The van der Waals surface area contributed by atoms with E-state index >= 15 is 0 Å². The third kappa shape index (κ3) is 37.2. The monoisotopic (exact) mass is 1550 g/mol. The second kappa shape index (κ2) is 49.5. The van der Waals surface area contributed by atoms with Crippen LogP contribution in [-0.2, 0) is 97.5 Å². The first-order valence-corrected chi connectivity index (χ1v) is 36.6. The summed E-state index contributed by atoms with van der Waals surface area (Å²) in [6.07, 6.45) is -4.99. The molecular weight excluding hydrogens is 1440 g/mol. The van der Waals surface area contributed by atoms with Gasteiger partial charge < -0.3 is 105 Å². The first-order valence-electron chi connectivity index (χ1n) is 35.2. The number of carboxylic acid groups (broad SMARTS) is 5. The number of thioether (sulfide) groups is 1. The van der Waals surface area contributed by atoms with Crippen molar-refractivity contribution in [3.05, 3.63) is 35.4 Å². The van der Waals surface area contributed by atoms with Crippen molar-refractivity contribution >= 4 is 124 Å². The Morgan fingerprint density at radius 2 is 0.917 bits per heavy atom. The molecular formula is C68H104N14O25S. The normalized spacial score (nSPS) is 14.9. The topological polar surface area (TPSA) is 608 Å². The number of rotatable bonds is 53. The molecule has 19 N–H and O–H groups in total. The summed E-state index contributed by atoms with van der Waals surface area (Å²) in [6.45, 7) is 8.12. The number of ether oxygens (including phenoxy) is 1. The number of carboxylic acids is 5. The number of nitrogens with two attached hydrogens (primary N) is 1. The van der Waals surface area contributed by atoms with Gasteiger partial charge in [-0.05, 0) is 116 Å². The molecule has 0 aliphatic carbocycles.